The van der Waals surface area contributed by atoms with E-state index in [-0.39, 0.29) is 30.3 Å². The summed E-state index contributed by atoms with van der Waals surface area (Å²) in [5, 5.41) is 9.12. The molecule has 0 bridgehead atoms. The first-order chi connectivity index (χ1) is 9.10. The van der Waals surface area contributed by atoms with E-state index in [1.54, 1.807) is 11.6 Å². The number of aliphatic hydroxyl groups is 1. The van der Waals surface area contributed by atoms with Crippen LogP contribution in [0.2, 0.25) is 0 Å². The molecule has 7 nitrogen and oxygen atoms in total. The van der Waals surface area contributed by atoms with Gasteiger partial charge in [-0.05, 0) is 12.8 Å². The molecule has 0 aliphatic carbocycles. The monoisotopic (exact) mass is 264 g/mol. The zero-order valence-electron chi connectivity index (χ0n) is 10.6. The molecule has 0 radical (unpaired) electrons. The molecule has 102 valence electrons. The number of ether oxygens (including phenoxy) is 1. The Bertz CT molecular complexity index is 675. The largest absolute Gasteiger partial charge is 0.394 e. The molecular weight excluding hydrogens is 248 g/mol. The van der Waals surface area contributed by atoms with Gasteiger partial charge in [-0.2, -0.15) is 0 Å². The van der Waals surface area contributed by atoms with Crippen LogP contribution in [0.3, 0.4) is 0 Å². The highest BCUT2D eigenvalue weighted by atomic mass is 16.5. The lowest BCUT2D eigenvalue weighted by Crippen LogP contribution is -2.13. The number of aliphatic hydroxyl groups excluding tert-OH is 1. The summed E-state index contributed by atoms with van der Waals surface area (Å²) < 4.78 is 7.47. The fourth-order valence-corrected chi connectivity index (χ4v) is 2.65. The van der Waals surface area contributed by atoms with E-state index in [1.165, 1.54) is 0 Å². The minimum Gasteiger partial charge on any atom is -0.394 e. The van der Waals surface area contributed by atoms with Gasteiger partial charge in [0.1, 0.15) is 11.0 Å². The van der Waals surface area contributed by atoms with Gasteiger partial charge in [0.2, 0.25) is 5.95 Å². The molecule has 0 aromatic carbocycles. The Labute approximate surface area is 109 Å². The normalized spacial score (nSPS) is 23.3. The van der Waals surface area contributed by atoms with Crippen LogP contribution in [-0.2, 0) is 11.8 Å². The third-order valence-corrected chi connectivity index (χ3v) is 3.53. The fourth-order valence-electron chi connectivity index (χ4n) is 2.65. The molecule has 1 saturated heterocycles. The van der Waals surface area contributed by atoms with Gasteiger partial charge < -0.3 is 20.1 Å². The molecule has 0 unspecified atom stereocenters. The maximum absolute atomic E-state index is 11.9. The van der Waals surface area contributed by atoms with Crippen molar-refractivity contribution in [2.45, 2.75) is 25.0 Å². The standard InChI is InChI=1S/C12H16N4O3/c1-16-4-7(8-3-2-6(5-17)19-8)9-10(16)11(18)15-12(13)14-9/h4,6,8,17H,2-3,5H2,1H3,(H3,13,14,15,18)/t6-,8+/m0/s1. The van der Waals surface area contributed by atoms with Crippen molar-refractivity contribution in [3.8, 4) is 0 Å². The lowest BCUT2D eigenvalue weighted by atomic mass is 10.1. The second-order valence-corrected chi connectivity index (χ2v) is 4.85. The molecular formula is C12H16N4O3. The molecule has 3 heterocycles. The van der Waals surface area contributed by atoms with Crippen LogP contribution >= 0.6 is 0 Å². The predicted molar refractivity (Wildman–Crippen MR) is 69.7 cm³/mol. The first-order valence-corrected chi connectivity index (χ1v) is 6.21. The van der Waals surface area contributed by atoms with Crippen molar-refractivity contribution in [2.75, 3.05) is 12.3 Å². The van der Waals surface area contributed by atoms with Crippen LogP contribution in [0.25, 0.3) is 11.0 Å². The highest BCUT2D eigenvalue weighted by molar-refractivity contribution is 5.80. The second kappa shape index (κ2) is 4.36. The van der Waals surface area contributed by atoms with Gasteiger partial charge in [0, 0.05) is 18.8 Å². The molecule has 3 rings (SSSR count). The number of aryl methyl sites for hydroxylation is 1. The molecule has 7 heteroatoms. The Kier molecular flexibility index (Phi) is 2.79. The highest BCUT2D eigenvalue weighted by Crippen LogP contribution is 2.35. The smallest absolute Gasteiger partial charge is 0.276 e. The third kappa shape index (κ3) is 1.91. The van der Waals surface area contributed by atoms with E-state index >= 15 is 0 Å². The summed E-state index contributed by atoms with van der Waals surface area (Å²) in [5.74, 6) is 0.0988. The summed E-state index contributed by atoms with van der Waals surface area (Å²) in [6.45, 7) is 0.0113. The zero-order chi connectivity index (χ0) is 13.6. The Morgan fingerprint density at radius 2 is 2.42 bits per heavy atom. The fraction of sp³-hybridized carbons (Fsp3) is 0.500. The summed E-state index contributed by atoms with van der Waals surface area (Å²) in [6, 6.07) is 0. The third-order valence-electron chi connectivity index (χ3n) is 3.53. The van der Waals surface area contributed by atoms with Gasteiger partial charge in [-0.25, -0.2) is 4.98 Å². The first-order valence-electron chi connectivity index (χ1n) is 6.21. The SMILES string of the molecule is Cn1cc([C@H]2CC[C@@H](CO)O2)c2nc(N)[nH]c(=O)c21. The molecule has 0 saturated carbocycles. The van der Waals surface area contributed by atoms with E-state index in [9.17, 15) is 4.79 Å². The predicted octanol–water partition coefficient (Wildman–Crippen LogP) is 0.0562. The number of nitrogen functional groups attached to an aromatic ring is 1. The lowest BCUT2D eigenvalue weighted by Gasteiger charge is -2.10. The zero-order valence-corrected chi connectivity index (χ0v) is 10.6. The Balaban J connectivity index is 2.12. The Morgan fingerprint density at radius 3 is 3.11 bits per heavy atom. The van der Waals surface area contributed by atoms with Crippen molar-refractivity contribution in [2.24, 2.45) is 7.05 Å². The number of nitrogens with zero attached hydrogens (tertiary/aromatic N) is 2. The van der Waals surface area contributed by atoms with Gasteiger partial charge in [-0.1, -0.05) is 0 Å². The Morgan fingerprint density at radius 1 is 1.63 bits per heavy atom. The maximum atomic E-state index is 11.9. The van der Waals surface area contributed by atoms with Crippen molar-refractivity contribution in [1.82, 2.24) is 14.5 Å². The molecule has 0 spiro atoms. The van der Waals surface area contributed by atoms with Crippen molar-refractivity contribution in [1.29, 1.82) is 0 Å². The second-order valence-electron chi connectivity index (χ2n) is 4.85. The minimum absolute atomic E-state index is 0.0113. The first kappa shape index (κ1) is 12.2. The van der Waals surface area contributed by atoms with Gasteiger partial charge in [0.15, 0.2) is 0 Å². The van der Waals surface area contributed by atoms with Crippen LogP contribution in [-0.4, -0.2) is 32.4 Å². The van der Waals surface area contributed by atoms with Crippen LogP contribution in [0.5, 0.6) is 0 Å². The minimum atomic E-state index is -0.257. The number of fused-ring (bicyclic) bond motifs is 1. The quantitative estimate of drug-likeness (QED) is 0.711. The summed E-state index contributed by atoms with van der Waals surface area (Å²) in [5.41, 5.74) is 7.26. The van der Waals surface area contributed by atoms with Crippen molar-refractivity contribution >= 4 is 17.0 Å². The van der Waals surface area contributed by atoms with E-state index in [0.717, 1.165) is 18.4 Å². The Hall–Kier alpha value is -1.86. The van der Waals surface area contributed by atoms with E-state index in [1.807, 2.05) is 6.20 Å². The number of nitrogens with one attached hydrogen (secondary N) is 1. The van der Waals surface area contributed by atoms with E-state index in [0.29, 0.717) is 11.0 Å². The number of H-pyrrole nitrogens is 1. The van der Waals surface area contributed by atoms with Crippen LogP contribution in [0, 0.1) is 0 Å². The van der Waals surface area contributed by atoms with Crippen LogP contribution in [0.4, 0.5) is 5.95 Å². The van der Waals surface area contributed by atoms with Gasteiger partial charge in [0.05, 0.1) is 18.8 Å². The van der Waals surface area contributed by atoms with Crippen LogP contribution in [0.15, 0.2) is 11.0 Å². The number of rotatable bonds is 2. The van der Waals surface area contributed by atoms with Crippen molar-refractivity contribution < 1.29 is 9.84 Å². The van der Waals surface area contributed by atoms with E-state index in [2.05, 4.69) is 9.97 Å². The number of nitrogens with two attached hydrogens (primary N) is 1. The maximum Gasteiger partial charge on any atom is 0.276 e. The summed E-state index contributed by atoms with van der Waals surface area (Å²) in [7, 11) is 1.79. The molecule has 1 aliphatic heterocycles. The van der Waals surface area contributed by atoms with Gasteiger partial charge in [-0.15, -0.1) is 0 Å². The molecule has 2 aromatic heterocycles. The average molecular weight is 264 g/mol. The van der Waals surface area contributed by atoms with Crippen LogP contribution < -0.4 is 11.3 Å². The molecule has 2 atom stereocenters. The molecule has 1 fully saturated rings. The van der Waals surface area contributed by atoms with Gasteiger partial charge in [0.25, 0.3) is 5.56 Å². The number of aromatic nitrogens is 3. The molecule has 19 heavy (non-hydrogen) atoms. The lowest BCUT2D eigenvalue weighted by molar-refractivity contribution is 0.0114. The van der Waals surface area contributed by atoms with Gasteiger partial charge in [-0.3, -0.25) is 9.78 Å². The molecule has 1 aliphatic rings. The highest BCUT2D eigenvalue weighted by Gasteiger charge is 2.29. The number of anilines is 1. The molecule has 0 amide bonds. The average Bonchev–Trinajstić information content (AvgIpc) is 2.93. The topological polar surface area (TPSA) is 106 Å². The number of aromatic amines is 1. The van der Waals surface area contributed by atoms with Crippen molar-refractivity contribution in [3.05, 3.63) is 22.1 Å². The van der Waals surface area contributed by atoms with Crippen LogP contribution in [0.1, 0.15) is 24.5 Å². The molecule has 4 N–H and O–H groups in total. The van der Waals surface area contributed by atoms with E-state index in [4.69, 9.17) is 15.6 Å². The number of hydrogen-bond acceptors (Lipinski definition) is 5. The van der Waals surface area contributed by atoms with Crippen molar-refractivity contribution in [3.63, 3.8) is 0 Å². The summed E-state index contributed by atoms with van der Waals surface area (Å²) in [4.78, 5) is 18.6. The number of hydrogen-bond donors (Lipinski definition) is 3. The summed E-state index contributed by atoms with van der Waals surface area (Å²) in [6.07, 6.45) is 3.17. The van der Waals surface area contributed by atoms with Gasteiger partial charge >= 0.3 is 0 Å². The van der Waals surface area contributed by atoms with E-state index < -0.39 is 0 Å². The summed E-state index contributed by atoms with van der Waals surface area (Å²) >= 11 is 0. The molecule has 2 aromatic rings.